The van der Waals surface area contributed by atoms with Gasteiger partial charge in [-0.3, -0.25) is 9.59 Å². The highest BCUT2D eigenvalue weighted by Gasteiger charge is 2.35. The van der Waals surface area contributed by atoms with Gasteiger partial charge in [0.05, 0.1) is 11.6 Å². The number of hydrogen-bond donors (Lipinski definition) is 1. The molecule has 1 aromatic heterocycles. The number of sulfonamides is 1. The highest BCUT2D eigenvalue weighted by atomic mass is 32.2. The van der Waals surface area contributed by atoms with E-state index in [2.05, 4.69) is 12.2 Å². The molecular formula is C25H27N3O4S2. The molecule has 178 valence electrons. The van der Waals surface area contributed by atoms with Gasteiger partial charge >= 0.3 is 0 Å². The molecule has 0 radical (unpaired) electrons. The van der Waals surface area contributed by atoms with Crippen molar-refractivity contribution in [2.24, 2.45) is 5.92 Å². The predicted molar refractivity (Wildman–Crippen MR) is 135 cm³/mol. The van der Waals surface area contributed by atoms with Crippen LogP contribution in [0.5, 0.6) is 0 Å². The van der Waals surface area contributed by atoms with Crippen LogP contribution in [0.15, 0.2) is 52.1 Å². The van der Waals surface area contributed by atoms with Gasteiger partial charge in [-0.05, 0) is 48.9 Å². The zero-order valence-corrected chi connectivity index (χ0v) is 20.6. The number of nitrogens with zero attached hydrogens (tertiary/aromatic N) is 2. The number of piperidine rings is 1. The number of benzene rings is 2. The Morgan fingerprint density at radius 3 is 2.79 bits per heavy atom. The number of carbonyl (C=O) groups is 2. The normalized spacial score (nSPS) is 18.6. The molecule has 0 spiro atoms. The fraction of sp³-hybridized carbons (Fsp3) is 0.360. The Morgan fingerprint density at radius 1 is 1.18 bits per heavy atom. The van der Waals surface area contributed by atoms with Gasteiger partial charge < -0.3 is 10.2 Å². The molecule has 1 unspecified atom stereocenters. The van der Waals surface area contributed by atoms with Crippen LogP contribution in [-0.4, -0.2) is 44.2 Å². The summed E-state index contributed by atoms with van der Waals surface area (Å²) in [5, 5.41) is 6.47. The Hall–Kier alpha value is -2.75. The van der Waals surface area contributed by atoms with Crippen molar-refractivity contribution in [1.29, 1.82) is 0 Å². The molecule has 1 saturated heterocycles. The van der Waals surface area contributed by atoms with E-state index >= 15 is 0 Å². The monoisotopic (exact) mass is 497 g/mol. The summed E-state index contributed by atoms with van der Waals surface area (Å²) in [5.41, 5.74) is 2.19. The van der Waals surface area contributed by atoms with Gasteiger partial charge in [0.15, 0.2) is 0 Å². The van der Waals surface area contributed by atoms with Crippen LogP contribution in [0, 0.1) is 5.92 Å². The predicted octanol–water partition coefficient (Wildman–Crippen LogP) is 4.70. The summed E-state index contributed by atoms with van der Waals surface area (Å²) in [6, 6.07) is 12.7. The molecule has 5 rings (SSSR count). The molecule has 3 heterocycles. The van der Waals surface area contributed by atoms with Crippen LogP contribution >= 0.6 is 11.3 Å². The molecule has 9 heteroatoms. The largest absolute Gasteiger partial charge is 0.325 e. The van der Waals surface area contributed by atoms with E-state index in [-0.39, 0.29) is 18.4 Å². The van der Waals surface area contributed by atoms with Gasteiger partial charge in [-0.25, -0.2) is 8.42 Å². The summed E-state index contributed by atoms with van der Waals surface area (Å²) in [5.74, 6) is -0.632. The van der Waals surface area contributed by atoms with Crippen molar-refractivity contribution in [2.75, 3.05) is 29.9 Å². The number of unbranched alkanes of at least 4 members (excludes halogenated alkanes) is 1. The topological polar surface area (TPSA) is 86.8 Å². The van der Waals surface area contributed by atoms with Crippen molar-refractivity contribution in [3.8, 4) is 0 Å². The summed E-state index contributed by atoms with van der Waals surface area (Å²) in [6.45, 7) is 3.35. The van der Waals surface area contributed by atoms with E-state index in [1.54, 1.807) is 17.5 Å². The van der Waals surface area contributed by atoms with Gasteiger partial charge in [0.1, 0.15) is 4.21 Å². The Kier molecular flexibility index (Phi) is 6.18. The summed E-state index contributed by atoms with van der Waals surface area (Å²) >= 11 is 1.19. The number of anilines is 2. The average molecular weight is 498 g/mol. The fourth-order valence-electron chi connectivity index (χ4n) is 4.84. The lowest BCUT2D eigenvalue weighted by Crippen LogP contribution is -2.43. The van der Waals surface area contributed by atoms with Gasteiger partial charge in [-0.15, -0.1) is 11.3 Å². The minimum atomic E-state index is -3.59. The Labute approximate surface area is 203 Å². The Bertz CT molecular complexity index is 1350. The number of hydrogen-bond acceptors (Lipinski definition) is 5. The van der Waals surface area contributed by atoms with E-state index in [1.807, 2.05) is 35.2 Å². The maximum absolute atomic E-state index is 13.2. The number of nitrogens with one attached hydrogen (secondary N) is 1. The summed E-state index contributed by atoms with van der Waals surface area (Å²) in [6.07, 6.45) is 3.19. The summed E-state index contributed by atoms with van der Waals surface area (Å²) < 4.78 is 27.6. The number of carbonyl (C=O) groups excluding carboxylic acids is 2. The maximum Gasteiger partial charge on any atom is 0.258 e. The number of rotatable bonds is 7. The molecule has 2 amide bonds. The molecule has 1 N–H and O–H groups in total. The van der Waals surface area contributed by atoms with E-state index < -0.39 is 15.9 Å². The molecule has 0 aliphatic carbocycles. The minimum Gasteiger partial charge on any atom is -0.325 e. The third kappa shape index (κ3) is 3.91. The van der Waals surface area contributed by atoms with Gasteiger partial charge in [-0.2, -0.15) is 4.31 Å². The SMILES string of the molecule is CCCCN1C(=O)c2cccc3c(NC(=O)C4CCCN(S(=O)(=O)c5cccs5)C4)ccc1c23. The second-order valence-electron chi connectivity index (χ2n) is 8.79. The quantitative estimate of drug-likeness (QED) is 0.513. The molecular weight excluding hydrogens is 470 g/mol. The number of thiophene rings is 1. The van der Waals surface area contributed by atoms with E-state index in [0.717, 1.165) is 29.3 Å². The Morgan fingerprint density at radius 2 is 2.03 bits per heavy atom. The van der Waals surface area contributed by atoms with E-state index in [9.17, 15) is 18.0 Å². The summed E-state index contributed by atoms with van der Waals surface area (Å²) in [7, 11) is -3.59. The van der Waals surface area contributed by atoms with Gasteiger partial charge in [0, 0.05) is 41.7 Å². The van der Waals surface area contributed by atoms with E-state index in [1.165, 1.54) is 15.6 Å². The van der Waals surface area contributed by atoms with E-state index in [0.29, 0.717) is 41.4 Å². The van der Waals surface area contributed by atoms with Crippen LogP contribution in [0.2, 0.25) is 0 Å². The highest BCUT2D eigenvalue weighted by Crippen LogP contribution is 2.41. The second kappa shape index (κ2) is 9.13. The van der Waals surface area contributed by atoms with Crippen LogP contribution in [0.1, 0.15) is 43.0 Å². The van der Waals surface area contributed by atoms with Crippen molar-refractivity contribution in [2.45, 2.75) is 36.8 Å². The van der Waals surface area contributed by atoms with Crippen LogP contribution in [0.4, 0.5) is 11.4 Å². The molecule has 2 aliphatic rings. The standard InChI is InChI=1S/C25H27N3O4S2/c1-2-3-14-28-21-12-11-20(18-8-4-9-19(23(18)21)25(28)30)26-24(29)17-7-5-13-27(16-17)34(31,32)22-10-6-15-33-22/h4,6,8-12,15,17H,2-3,5,7,13-14,16H2,1H3,(H,26,29). The first-order chi connectivity index (χ1) is 16.4. The van der Waals surface area contributed by atoms with Gasteiger partial charge in [0.2, 0.25) is 5.91 Å². The third-order valence-electron chi connectivity index (χ3n) is 6.62. The first kappa shape index (κ1) is 23.0. The molecule has 0 saturated carbocycles. The van der Waals surface area contributed by atoms with Gasteiger partial charge in [-0.1, -0.05) is 31.5 Å². The lowest BCUT2D eigenvalue weighted by Gasteiger charge is -2.31. The molecule has 2 aliphatic heterocycles. The van der Waals surface area contributed by atoms with Crippen molar-refractivity contribution < 1.29 is 18.0 Å². The zero-order valence-electron chi connectivity index (χ0n) is 19.0. The molecule has 3 aromatic rings. The molecule has 34 heavy (non-hydrogen) atoms. The van der Waals surface area contributed by atoms with Crippen LogP contribution in [0.3, 0.4) is 0 Å². The smallest absolute Gasteiger partial charge is 0.258 e. The van der Waals surface area contributed by atoms with Crippen molar-refractivity contribution in [1.82, 2.24) is 4.31 Å². The zero-order chi connectivity index (χ0) is 23.9. The van der Waals surface area contributed by atoms with Crippen molar-refractivity contribution >= 4 is 55.3 Å². The highest BCUT2D eigenvalue weighted by molar-refractivity contribution is 7.91. The van der Waals surface area contributed by atoms with Crippen LogP contribution in [-0.2, 0) is 14.8 Å². The van der Waals surface area contributed by atoms with Crippen molar-refractivity contribution in [3.05, 3.63) is 53.4 Å². The number of amides is 2. The molecule has 2 aromatic carbocycles. The average Bonchev–Trinajstić information content (AvgIpc) is 3.49. The molecule has 7 nitrogen and oxygen atoms in total. The third-order valence-corrected chi connectivity index (χ3v) is 9.86. The van der Waals surface area contributed by atoms with Crippen LogP contribution in [0.25, 0.3) is 10.8 Å². The lowest BCUT2D eigenvalue weighted by atomic mass is 9.98. The molecule has 0 bridgehead atoms. The fourth-order valence-corrected chi connectivity index (χ4v) is 7.51. The maximum atomic E-state index is 13.2. The second-order valence-corrected chi connectivity index (χ2v) is 11.9. The first-order valence-electron chi connectivity index (χ1n) is 11.6. The first-order valence-corrected chi connectivity index (χ1v) is 14.0. The van der Waals surface area contributed by atoms with Gasteiger partial charge in [0.25, 0.3) is 15.9 Å². The van der Waals surface area contributed by atoms with Crippen LogP contribution < -0.4 is 10.2 Å². The Balaban J connectivity index is 1.39. The summed E-state index contributed by atoms with van der Waals surface area (Å²) in [4.78, 5) is 28.0. The van der Waals surface area contributed by atoms with E-state index in [4.69, 9.17) is 0 Å². The lowest BCUT2D eigenvalue weighted by molar-refractivity contribution is -0.120. The van der Waals surface area contributed by atoms with Crippen molar-refractivity contribution in [3.63, 3.8) is 0 Å². The molecule has 1 fully saturated rings. The minimum absolute atomic E-state index is 0.000711. The molecule has 1 atom stereocenters.